The minimum Gasteiger partial charge on any atom is -0.339 e. The molecule has 1 aliphatic rings. The zero-order valence-electron chi connectivity index (χ0n) is 11.2. The van der Waals surface area contributed by atoms with Crippen LogP contribution in [0.4, 0.5) is 0 Å². The molecule has 5 heteroatoms. The van der Waals surface area contributed by atoms with Crippen LogP contribution in [0.3, 0.4) is 0 Å². The fraction of sp³-hybridized carbons (Fsp3) is 0.833. The van der Waals surface area contributed by atoms with Crippen LogP contribution in [0.5, 0.6) is 0 Å². The number of amides is 2. The summed E-state index contributed by atoms with van der Waals surface area (Å²) >= 11 is 1.67. The molecule has 0 aromatic carbocycles. The van der Waals surface area contributed by atoms with Crippen LogP contribution in [0.2, 0.25) is 0 Å². The molecule has 1 heterocycles. The van der Waals surface area contributed by atoms with Crippen LogP contribution in [0.1, 0.15) is 27.7 Å². The average Bonchev–Trinajstić information content (AvgIpc) is 2.25. The first-order valence-electron chi connectivity index (χ1n) is 5.97. The van der Waals surface area contributed by atoms with Crippen LogP contribution in [-0.4, -0.2) is 58.3 Å². The number of hydrogen-bond donors (Lipinski definition) is 0. The van der Waals surface area contributed by atoms with Crippen molar-refractivity contribution in [3.05, 3.63) is 0 Å². The predicted octanol–water partition coefficient (Wildman–Crippen LogP) is 1.21. The standard InChI is InChI=1S/C12H22N2O2S/c1-10(15)13-5-7-14(8-6-13)11(16)9-17-12(2,3)4/h5-9H2,1-4H3. The lowest BCUT2D eigenvalue weighted by atomic mass is 10.3. The summed E-state index contributed by atoms with van der Waals surface area (Å²) in [6.45, 7) is 10.6. The molecule has 0 aliphatic carbocycles. The Bertz CT molecular complexity index is 291. The minimum atomic E-state index is 0.0983. The summed E-state index contributed by atoms with van der Waals surface area (Å²) in [5.41, 5.74) is 0. The topological polar surface area (TPSA) is 40.6 Å². The lowest BCUT2D eigenvalue weighted by molar-refractivity contribution is -0.136. The van der Waals surface area contributed by atoms with Gasteiger partial charge in [-0.1, -0.05) is 20.8 Å². The van der Waals surface area contributed by atoms with E-state index < -0.39 is 0 Å². The van der Waals surface area contributed by atoms with Crippen molar-refractivity contribution in [3.63, 3.8) is 0 Å². The second kappa shape index (κ2) is 5.76. The first-order valence-corrected chi connectivity index (χ1v) is 6.95. The maximum Gasteiger partial charge on any atom is 0.232 e. The Morgan fingerprint density at radius 3 is 1.94 bits per heavy atom. The zero-order valence-corrected chi connectivity index (χ0v) is 12.0. The Balaban J connectivity index is 2.33. The van der Waals surface area contributed by atoms with E-state index >= 15 is 0 Å². The van der Waals surface area contributed by atoms with Crippen molar-refractivity contribution in [2.75, 3.05) is 31.9 Å². The third-order valence-corrected chi connectivity index (χ3v) is 3.96. The summed E-state index contributed by atoms with van der Waals surface area (Å²) in [7, 11) is 0. The van der Waals surface area contributed by atoms with Gasteiger partial charge >= 0.3 is 0 Å². The van der Waals surface area contributed by atoms with Gasteiger partial charge in [0.25, 0.3) is 0 Å². The Hall–Kier alpha value is -0.710. The molecule has 0 aromatic heterocycles. The van der Waals surface area contributed by atoms with Gasteiger partial charge in [-0.15, -0.1) is 11.8 Å². The lowest BCUT2D eigenvalue weighted by Gasteiger charge is -2.34. The highest BCUT2D eigenvalue weighted by molar-refractivity contribution is 8.01. The highest BCUT2D eigenvalue weighted by Gasteiger charge is 2.23. The highest BCUT2D eigenvalue weighted by atomic mass is 32.2. The van der Waals surface area contributed by atoms with Crippen LogP contribution in [-0.2, 0) is 9.59 Å². The van der Waals surface area contributed by atoms with Gasteiger partial charge in [-0.3, -0.25) is 9.59 Å². The van der Waals surface area contributed by atoms with Gasteiger partial charge in [0, 0.05) is 37.8 Å². The number of hydrogen-bond acceptors (Lipinski definition) is 3. The SMILES string of the molecule is CC(=O)N1CCN(C(=O)CSC(C)(C)C)CC1. The first-order chi connectivity index (χ1) is 7.79. The van der Waals surface area contributed by atoms with Crippen molar-refractivity contribution in [1.82, 2.24) is 9.80 Å². The molecule has 0 aromatic rings. The van der Waals surface area contributed by atoms with E-state index in [9.17, 15) is 9.59 Å². The average molecular weight is 258 g/mol. The molecule has 17 heavy (non-hydrogen) atoms. The highest BCUT2D eigenvalue weighted by Crippen LogP contribution is 2.23. The molecule has 0 unspecified atom stereocenters. The van der Waals surface area contributed by atoms with E-state index in [1.54, 1.807) is 23.6 Å². The van der Waals surface area contributed by atoms with Crippen LogP contribution in [0, 0.1) is 0 Å². The van der Waals surface area contributed by atoms with Crippen molar-refractivity contribution in [2.24, 2.45) is 0 Å². The van der Waals surface area contributed by atoms with Crippen molar-refractivity contribution in [1.29, 1.82) is 0 Å². The first kappa shape index (κ1) is 14.4. The second-order valence-electron chi connectivity index (χ2n) is 5.29. The van der Waals surface area contributed by atoms with Gasteiger partial charge in [0.15, 0.2) is 0 Å². The Morgan fingerprint density at radius 2 is 1.53 bits per heavy atom. The number of rotatable bonds is 2. The summed E-state index contributed by atoms with van der Waals surface area (Å²) in [6.07, 6.45) is 0. The predicted molar refractivity (Wildman–Crippen MR) is 71.0 cm³/mol. The van der Waals surface area contributed by atoms with Crippen LogP contribution in [0.15, 0.2) is 0 Å². The Kier molecular flexibility index (Phi) is 4.86. The van der Waals surface area contributed by atoms with E-state index in [4.69, 9.17) is 0 Å². The summed E-state index contributed by atoms with van der Waals surface area (Å²) < 4.78 is 0.122. The van der Waals surface area contributed by atoms with Gasteiger partial charge in [-0.25, -0.2) is 0 Å². The van der Waals surface area contributed by atoms with Crippen LogP contribution < -0.4 is 0 Å². The quantitative estimate of drug-likeness (QED) is 0.747. The molecule has 1 rings (SSSR count). The molecular weight excluding hydrogens is 236 g/mol. The number of carbonyl (C=O) groups is 2. The molecule has 0 atom stereocenters. The van der Waals surface area contributed by atoms with E-state index in [1.807, 2.05) is 4.90 Å². The molecule has 0 spiro atoms. The fourth-order valence-electron chi connectivity index (χ4n) is 1.64. The summed E-state index contributed by atoms with van der Waals surface area (Å²) in [4.78, 5) is 26.7. The van der Waals surface area contributed by atoms with Crippen molar-refractivity contribution in [2.45, 2.75) is 32.4 Å². The summed E-state index contributed by atoms with van der Waals surface area (Å²) in [5.74, 6) is 0.818. The third kappa shape index (κ3) is 4.98. The number of thioether (sulfide) groups is 1. The zero-order chi connectivity index (χ0) is 13.1. The van der Waals surface area contributed by atoms with Gasteiger partial charge in [0.2, 0.25) is 11.8 Å². The molecular formula is C12H22N2O2S. The minimum absolute atomic E-state index is 0.0983. The molecule has 98 valence electrons. The number of nitrogens with zero attached hydrogens (tertiary/aromatic N) is 2. The van der Waals surface area contributed by atoms with Gasteiger partial charge < -0.3 is 9.80 Å². The maximum atomic E-state index is 11.9. The van der Waals surface area contributed by atoms with Crippen molar-refractivity contribution < 1.29 is 9.59 Å². The summed E-state index contributed by atoms with van der Waals surface area (Å²) in [6, 6.07) is 0. The monoisotopic (exact) mass is 258 g/mol. The van der Waals surface area contributed by atoms with Crippen molar-refractivity contribution in [3.8, 4) is 0 Å². The van der Waals surface area contributed by atoms with E-state index in [0.717, 1.165) is 0 Å². The van der Waals surface area contributed by atoms with Gasteiger partial charge in [0.05, 0.1) is 5.75 Å². The fourth-order valence-corrected chi connectivity index (χ4v) is 2.38. The largest absolute Gasteiger partial charge is 0.339 e. The lowest BCUT2D eigenvalue weighted by Crippen LogP contribution is -2.50. The maximum absolute atomic E-state index is 11.9. The normalized spacial score (nSPS) is 17.2. The van der Waals surface area contributed by atoms with Gasteiger partial charge in [-0.05, 0) is 0 Å². The van der Waals surface area contributed by atoms with Crippen LogP contribution >= 0.6 is 11.8 Å². The molecule has 0 bridgehead atoms. The van der Waals surface area contributed by atoms with E-state index in [2.05, 4.69) is 20.8 Å². The van der Waals surface area contributed by atoms with Crippen molar-refractivity contribution >= 4 is 23.6 Å². The molecule has 0 saturated carbocycles. The molecule has 0 N–H and O–H groups in total. The van der Waals surface area contributed by atoms with Gasteiger partial charge in [-0.2, -0.15) is 0 Å². The molecule has 0 radical (unpaired) electrons. The molecule has 2 amide bonds. The second-order valence-corrected chi connectivity index (χ2v) is 7.09. The van der Waals surface area contributed by atoms with E-state index in [-0.39, 0.29) is 16.6 Å². The van der Waals surface area contributed by atoms with Gasteiger partial charge in [0.1, 0.15) is 0 Å². The Labute approximate surface area is 108 Å². The molecule has 1 aliphatic heterocycles. The summed E-state index contributed by atoms with van der Waals surface area (Å²) in [5, 5.41) is 0. The van der Waals surface area contributed by atoms with E-state index in [1.165, 1.54) is 0 Å². The van der Waals surface area contributed by atoms with Crippen LogP contribution in [0.25, 0.3) is 0 Å². The smallest absolute Gasteiger partial charge is 0.232 e. The molecule has 4 nitrogen and oxygen atoms in total. The molecule has 1 fully saturated rings. The third-order valence-electron chi connectivity index (χ3n) is 2.71. The Morgan fingerprint density at radius 1 is 1.06 bits per heavy atom. The van der Waals surface area contributed by atoms with E-state index in [0.29, 0.717) is 31.9 Å². The number of carbonyl (C=O) groups excluding carboxylic acids is 2. The number of piperazine rings is 1. The molecule has 1 saturated heterocycles.